The Morgan fingerprint density at radius 3 is 2.14 bits per heavy atom. The van der Waals surface area contributed by atoms with Crippen LogP contribution in [0.25, 0.3) is 0 Å². The number of carbonyl (C=O) groups is 3. The number of rotatable bonds is 5. The number of imide groups is 1. The first-order chi connectivity index (χ1) is 9.95. The molecule has 21 heavy (non-hydrogen) atoms. The molecule has 5 nitrogen and oxygen atoms in total. The average Bonchev–Trinajstić information content (AvgIpc) is 2.72. The lowest BCUT2D eigenvalue weighted by atomic mass is 10.0. The molecule has 2 amide bonds. The van der Waals surface area contributed by atoms with E-state index in [0.29, 0.717) is 11.0 Å². The van der Waals surface area contributed by atoms with E-state index in [-0.39, 0.29) is 19.3 Å². The zero-order valence-electron chi connectivity index (χ0n) is 12.3. The summed E-state index contributed by atoms with van der Waals surface area (Å²) < 4.78 is 0. The van der Waals surface area contributed by atoms with Gasteiger partial charge in [0.2, 0.25) is 0 Å². The Morgan fingerprint density at radius 1 is 1.10 bits per heavy atom. The molecule has 1 heterocycles. The first-order valence-corrected chi connectivity index (χ1v) is 7.10. The van der Waals surface area contributed by atoms with Crippen LogP contribution in [0.3, 0.4) is 0 Å². The van der Waals surface area contributed by atoms with Crippen LogP contribution in [0.2, 0.25) is 0 Å². The molecule has 1 aliphatic rings. The molecule has 0 atom stereocenters. The molecule has 1 saturated heterocycles. The second kappa shape index (κ2) is 6.52. The van der Waals surface area contributed by atoms with Crippen LogP contribution in [-0.2, 0) is 32.1 Å². The summed E-state index contributed by atoms with van der Waals surface area (Å²) in [6.45, 7) is 4.30. The van der Waals surface area contributed by atoms with Gasteiger partial charge in [0.05, 0.1) is 6.42 Å². The molecule has 5 heteroatoms. The fraction of sp³-hybridized carbons (Fsp3) is 0.438. The number of carbonyl (C=O) groups excluding carboxylic acids is 3. The van der Waals surface area contributed by atoms with Crippen LogP contribution >= 0.6 is 0 Å². The van der Waals surface area contributed by atoms with Crippen molar-refractivity contribution in [3.8, 4) is 0 Å². The first-order valence-electron chi connectivity index (χ1n) is 7.10. The molecule has 0 bridgehead atoms. The van der Waals surface area contributed by atoms with Crippen LogP contribution in [0.1, 0.15) is 37.8 Å². The van der Waals surface area contributed by atoms with Gasteiger partial charge in [0.1, 0.15) is 0 Å². The maximum atomic E-state index is 11.8. The molecule has 1 aromatic rings. The van der Waals surface area contributed by atoms with Crippen molar-refractivity contribution in [2.45, 2.75) is 39.5 Å². The van der Waals surface area contributed by atoms with Gasteiger partial charge >= 0.3 is 5.97 Å². The minimum atomic E-state index is -0.602. The van der Waals surface area contributed by atoms with Crippen molar-refractivity contribution in [1.82, 2.24) is 5.06 Å². The van der Waals surface area contributed by atoms with Crippen molar-refractivity contribution in [2.75, 3.05) is 0 Å². The Bertz CT molecular complexity index is 532. The van der Waals surface area contributed by atoms with Gasteiger partial charge in [-0.3, -0.25) is 9.59 Å². The van der Waals surface area contributed by atoms with Crippen LogP contribution in [0.5, 0.6) is 0 Å². The lowest BCUT2D eigenvalue weighted by Crippen LogP contribution is -2.32. The fourth-order valence-corrected chi connectivity index (χ4v) is 2.22. The summed E-state index contributed by atoms with van der Waals surface area (Å²) in [6, 6.07) is 7.70. The summed E-state index contributed by atoms with van der Waals surface area (Å²) in [6.07, 6.45) is 1.24. The van der Waals surface area contributed by atoms with Gasteiger partial charge in [-0.15, -0.1) is 5.06 Å². The third-order valence-corrected chi connectivity index (χ3v) is 3.21. The predicted octanol–water partition coefficient (Wildman–Crippen LogP) is 2.03. The normalized spacial score (nSPS) is 14.9. The van der Waals surface area contributed by atoms with E-state index in [4.69, 9.17) is 4.84 Å². The highest BCUT2D eigenvalue weighted by Crippen LogP contribution is 2.14. The quantitative estimate of drug-likeness (QED) is 0.778. The Balaban J connectivity index is 1.90. The zero-order chi connectivity index (χ0) is 15.4. The van der Waals surface area contributed by atoms with Gasteiger partial charge < -0.3 is 4.84 Å². The topological polar surface area (TPSA) is 63.7 Å². The van der Waals surface area contributed by atoms with E-state index in [9.17, 15) is 14.4 Å². The van der Waals surface area contributed by atoms with Crippen molar-refractivity contribution in [3.05, 3.63) is 35.4 Å². The van der Waals surface area contributed by atoms with Gasteiger partial charge in [-0.1, -0.05) is 38.1 Å². The first kappa shape index (κ1) is 15.2. The van der Waals surface area contributed by atoms with Crippen LogP contribution in [0.4, 0.5) is 0 Å². The minimum absolute atomic E-state index is 0.0407. The van der Waals surface area contributed by atoms with Crippen LogP contribution in [-0.4, -0.2) is 22.8 Å². The van der Waals surface area contributed by atoms with Crippen molar-refractivity contribution >= 4 is 17.8 Å². The molecule has 2 rings (SSSR count). The zero-order valence-corrected chi connectivity index (χ0v) is 12.3. The summed E-state index contributed by atoms with van der Waals surface area (Å²) >= 11 is 0. The highest BCUT2D eigenvalue weighted by molar-refractivity contribution is 6.01. The highest BCUT2D eigenvalue weighted by Gasteiger charge is 2.32. The van der Waals surface area contributed by atoms with E-state index in [1.165, 1.54) is 5.56 Å². The molecule has 0 N–H and O–H groups in total. The minimum Gasteiger partial charge on any atom is -0.330 e. The fourth-order valence-electron chi connectivity index (χ4n) is 2.22. The van der Waals surface area contributed by atoms with E-state index in [2.05, 4.69) is 13.8 Å². The molecule has 0 aliphatic carbocycles. The molecule has 112 valence electrons. The van der Waals surface area contributed by atoms with Gasteiger partial charge in [0.15, 0.2) is 0 Å². The maximum Gasteiger partial charge on any atom is 0.337 e. The molecule has 0 saturated carbocycles. The Kier molecular flexibility index (Phi) is 4.73. The Morgan fingerprint density at radius 2 is 1.62 bits per heavy atom. The largest absolute Gasteiger partial charge is 0.337 e. The molecular formula is C16H19NO4. The third kappa shape index (κ3) is 4.15. The Hall–Kier alpha value is -2.17. The number of nitrogens with zero attached hydrogens (tertiary/aromatic N) is 1. The van der Waals surface area contributed by atoms with Gasteiger partial charge in [-0.25, -0.2) is 4.79 Å². The lowest BCUT2D eigenvalue weighted by molar-refractivity contribution is -0.197. The van der Waals surface area contributed by atoms with Gasteiger partial charge in [0.25, 0.3) is 11.8 Å². The van der Waals surface area contributed by atoms with E-state index in [0.717, 1.165) is 12.0 Å². The summed E-state index contributed by atoms with van der Waals surface area (Å²) in [5, 5.41) is 0.579. The molecule has 1 fully saturated rings. The number of amides is 2. The van der Waals surface area contributed by atoms with E-state index < -0.39 is 17.8 Å². The van der Waals surface area contributed by atoms with E-state index in [1.807, 2.05) is 24.3 Å². The number of hydrogen-bond donors (Lipinski definition) is 0. The van der Waals surface area contributed by atoms with E-state index in [1.54, 1.807) is 0 Å². The summed E-state index contributed by atoms with van der Waals surface area (Å²) in [7, 11) is 0. The lowest BCUT2D eigenvalue weighted by Gasteiger charge is -2.12. The van der Waals surface area contributed by atoms with Gasteiger partial charge in [-0.05, 0) is 23.5 Å². The summed E-state index contributed by atoms with van der Waals surface area (Å²) in [5.41, 5.74) is 2.01. The highest BCUT2D eigenvalue weighted by atomic mass is 16.7. The molecule has 1 aliphatic heterocycles. The smallest absolute Gasteiger partial charge is 0.330 e. The average molecular weight is 289 g/mol. The third-order valence-electron chi connectivity index (χ3n) is 3.21. The molecule has 0 radical (unpaired) electrons. The molecule has 1 aromatic carbocycles. The number of benzene rings is 1. The Labute approximate surface area is 123 Å². The monoisotopic (exact) mass is 289 g/mol. The summed E-state index contributed by atoms with van der Waals surface area (Å²) in [5.74, 6) is -0.940. The number of hydrogen-bond acceptors (Lipinski definition) is 4. The maximum absolute atomic E-state index is 11.8. The summed E-state index contributed by atoms with van der Waals surface area (Å²) in [4.78, 5) is 39.3. The van der Waals surface area contributed by atoms with Crippen molar-refractivity contribution < 1.29 is 19.2 Å². The molecular weight excluding hydrogens is 270 g/mol. The SMILES string of the molecule is CC(C)Cc1ccc(CC(=O)ON2C(=O)CCC2=O)cc1. The number of hydroxylamine groups is 2. The molecule has 0 spiro atoms. The van der Waals surface area contributed by atoms with Crippen LogP contribution in [0, 0.1) is 5.92 Å². The second-order valence-electron chi connectivity index (χ2n) is 5.64. The van der Waals surface area contributed by atoms with Crippen molar-refractivity contribution in [1.29, 1.82) is 0 Å². The predicted molar refractivity (Wildman–Crippen MR) is 75.9 cm³/mol. The standard InChI is InChI=1S/C16H19NO4/c1-11(2)9-12-3-5-13(6-4-12)10-16(20)21-17-14(18)7-8-15(17)19/h3-6,11H,7-10H2,1-2H3. The van der Waals surface area contributed by atoms with Gasteiger partial charge in [0, 0.05) is 12.8 Å². The van der Waals surface area contributed by atoms with Crippen molar-refractivity contribution in [3.63, 3.8) is 0 Å². The second-order valence-corrected chi connectivity index (χ2v) is 5.64. The van der Waals surface area contributed by atoms with Gasteiger partial charge in [-0.2, -0.15) is 0 Å². The van der Waals surface area contributed by atoms with Crippen LogP contribution < -0.4 is 0 Å². The van der Waals surface area contributed by atoms with Crippen LogP contribution in [0.15, 0.2) is 24.3 Å². The van der Waals surface area contributed by atoms with E-state index >= 15 is 0 Å². The molecule has 0 unspecified atom stereocenters. The molecule has 0 aromatic heterocycles. The van der Waals surface area contributed by atoms with Crippen molar-refractivity contribution in [2.24, 2.45) is 5.92 Å².